The summed E-state index contributed by atoms with van der Waals surface area (Å²) in [5, 5.41) is 0.262. The van der Waals surface area contributed by atoms with Crippen molar-refractivity contribution in [2.24, 2.45) is 7.05 Å². The lowest BCUT2D eigenvalue weighted by molar-refractivity contribution is -0.0712. The first-order chi connectivity index (χ1) is 14.2. The van der Waals surface area contributed by atoms with Crippen LogP contribution in [0.15, 0.2) is 27.8 Å². The number of morpholine rings is 1. The zero-order chi connectivity index (χ0) is 21.6. The van der Waals surface area contributed by atoms with Crippen molar-refractivity contribution in [3.63, 3.8) is 0 Å². The second-order valence-corrected chi connectivity index (χ2v) is 8.16. The number of halogens is 2. The van der Waals surface area contributed by atoms with E-state index in [0.29, 0.717) is 25.5 Å². The Hall–Kier alpha value is -2.49. The van der Waals surface area contributed by atoms with Gasteiger partial charge >= 0.3 is 5.69 Å². The summed E-state index contributed by atoms with van der Waals surface area (Å²) in [5.41, 5.74) is -0.401. The second kappa shape index (κ2) is 7.98. The molecule has 3 heterocycles. The van der Waals surface area contributed by atoms with Crippen LogP contribution in [-0.2, 0) is 24.9 Å². The molecule has 0 bridgehead atoms. The average molecular weight is 436 g/mol. The molecule has 0 radical (unpaired) electrons. The third kappa shape index (κ3) is 3.80. The summed E-state index contributed by atoms with van der Waals surface area (Å²) >= 11 is 6.23. The number of H-pyrrole nitrogens is 1. The van der Waals surface area contributed by atoms with Gasteiger partial charge in [0.25, 0.3) is 5.56 Å². The van der Waals surface area contributed by atoms with Gasteiger partial charge in [-0.2, -0.15) is 0 Å². The summed E-state index contributed by atoms with van der Waals surface area (Å²) < 4.78 is 23.2. The van der Waals surface area contributed by atoms with Crippen LogP contribution in [0.1, 0.15) is 25.2 Å². The lowest BCUT2D eigenvalue weighted by Crippen LogP contribution is -2.45. The smallest absolute Gasteiger partial charge is 0.329 e. The Labute approximate surface area is 176 Å². The molecule has 4 rings (SSSR count). The van der Waals surface area contributed by atoms with E-state index in [0.717, 1.165) is 0 Å². The van der Waals surface area contributed by atoms with Gasteiger partial charge < -0.3 is 9.30 Å². The third-order valence-corrected chi connectivity index (χ3v) is 5.68. The number of imidazole rings is 1. The van der Waals surface area contributed by atoms with Gasteiger partial charge in [-0.25, -0.2) is 14.2 Å². The predicted octanol–water partition coefficient (Wildman–Crippen LogP) is 1.87. The van der Waals surface area contributed by atoms with Gasteiger partial charge in [-0.05, 0) is 26.0 Å². The van der Waals surface area contributed by atoms with E-state index >= 15 is 0 Å². The van der Waals surface area contributed by atoms with Gasteiger partial charge in [-0.1, -0.05) is 17.7 Å². The molecule has 1 aliphatic rings. The molecule has 1 N–H and O–H groups in total. The van der Waals surface area contributed by atoms with Crippen LogP contribution < -0.4 is 11.2 Å². The van der Waals surface area contributed by atoms with Gasteiger partial charge in [0, 0.05) is 30.7 Å². The molecular weight excluding hydrogens is 413 g/mol. The van der Waals surface area contributed by atoms with Crippen LogP contribution in [0, 0.1) is 5.82 Å². The topological polar surface area (TPSA) is 85.2 Å². The molecule has 0 aliphatic carbocycles. The molecule has 3 aromatic rings. The van der Waals surface area contributed by atoms with E-state index in [1.54, 1.807) is 10.6 Å². The largest absolute Gasteiger partial charge is 0.373 e. The Morgan fingerprint density at radius 1 is 1.23 bits per heavy atom. The summed E-state index contributed by atoms with van der Waals surface area (Å²) in [7, 11) is 1.54. The molecular formula is C20H23ClFN5O3. The van der Waals surface area contributed by atoms with E-state index < -0.39 is 17.1 Å². The quantitative estimate of drug-likeness (QED) is 0.676. The van der Waals surface area contributed by atoms with Gasteiger partial charge in [-0.3, -0.25) is 19.2 Å². The Kier molecular flexibility index (Phi) is 5.52. The molecule has 2 aromatic heterocycles. The van der Waals surface area contributed by atoms with Gasteiger partial charge in [0.1, 0.15) is 11.6 Å². The zero-order valence-electron chi connectivity index (χ0n) is 17.0. The van der Waals surface area contributed by atoms with Crippen molar-refractivity contribution in [1.29, 1.82) is 0 Å². The number of aromatic nitrogens is 4. The number of nitrogens with one attached hydrogen (secondary N) is 1. The predicted molar refractivity (Wildman–Crippen MR) is 111 cm³/mol. The molecule has 0 unspecified atom stereocenters. The monoisotopic (exact) mass is 435 g/mol. The summed E-state index contributed by atoms with van der Waals surface area (Å²) in [6, 6.07) is 4.45. The average Bonchev–Trinajstić information content (AvgIpc) is 3.01. The highest BCUT2D eigenvalue weighted by Gasteiger charge is 2.26. The number of aryl methyl sites for hydroxylation is 1. The van der Waals surface area contributed by atoms with Crippen molar-refractivity contribution in [3.8, 4) is 0 Å². The molecule has 0 saturated carbocycles. The standard InChI is InChI=1S/C20H23ClFN5O3/c1-11-7-26(8-12(2)30-11)10-16-23-18-17(19(28)24-20(29)25(18)3)27(16)9-13-14(21)5-4-6-15(13)22/h4-6,11-12H,7-10H2,1-3H3,(H,24,28,29)/t11-,12+. The molecule has 160 valence electrons. The highest BCUT2D eigenvalue weighted by atomic mass is 35.5. The van der Waals surface area contributed by atoms with Crippen molar-refractivity contribution in [2.75, 3.05) is 13.1 Å². The molecule has 2 atom stereocenters. The zero-order valence-corrected chi connectivity index (χ0v) is 17.7. The Morgan fingerprint density at radius 3 is 2.60 bits per heavy atom. The minimum atomic E-state index is -0.567. The van der Waals surface area contributed by atoms with E-state index in [4.69, 9.17) is 16.3 Å². The molecule has 0 amide bonds. The number of nitrogens with zero attached hydrogens (tertiary/aromatic N) is 4. The fourth-order valence-electron chi connectivity index (χ4n) is 4.03. The number of hydrogen-bond acceptors (Lipinski definition) is 5. The van der Waals surface area contributed by atoms with Crippen molar-refractivity contribution >= 4 is 22.8 Å². The lowest BCUT2D eigenvalue weighted by Gasteiger charge is -2.35. The second-order valence-electron chi connectivity index (χ2n) is 7.76. The van der Waals surface area contributed by atoms with Crippen molar-refractivity contribution in [2.45, 2.75) is 39.1 Å². The fraction of sp³-hybridized carbons (Fsp3) is 0.450. The third-order valence-electron chi connectivity index (χ3n) is 5.32. The number of hydrogen-bond donors (Lipinski definition) is 1. The van der Waals surface area contributed by atoms with E-state index in [-0.39, 0.29) is 40.5 Å². The molecule has 10 heteroatoms. The summed E-state index contributed by atoms with van der Waals surface area (Å²) in [6.07, 6.45) is 0.112. The highest BCUT2D eigenvalue weighted by Crippen LogP contribution is 2.23. The van der Waals surface area contributed by atoms with Crippen molar-refractivity contribution in [3.05, 3.63) is 61.3 Å². The van der Waals surface area contributed by atoms with E-state index in [9.17, 15) is 14.0 Å². The summed E-state index contributed by atoms with van der Waals surface area (Å²) in [6.45, 7) is 5.84. The first-order valence-electron chi connectivity index (χ1n) is 9.73. The Morgan fingerprint density at radius 2 is 1.93 bits per heavy atom. The maximum atomic E-state index is 14.5. The molecule has 1 aliphatic heterocycles. The molecule has 0 spiro atoms. The SMILES string of the molecule is C[C@@H]1CN(Cc2nc3c(c(=O)[nH]c(=O)n3C)n2Cc2c(F)cccc2Cl)C[C@H](C)O1. The summed E-state index contributed by atoms with van der Waals surface area (Å²) in [5.74, 6) is 0.0856. The number of benzene rings is 1. The van der Waals surface area contributed by atoms with Crippen LogP contribution in [0.5, 0.6) is 0 Å². The minimum Gasteiger partial charge on any atom is -0.373 e. The van der Waals surface area contributed by atoms with Crippen molar-refractivity contribution in [1.82, 2.24) is 24.0 Å². The Balaban J connectivity index is 1.85. The normalized spacial score (nSPS) is 20.2. The van der Waals surface area contributed by atoms with Crippen LogP contribution >= 0.6 is 11.6 Å². The lowest BCUT2D eigenvalue weighted by atomic mass is 10.2. The van der Waals surface area contributed by atoms with Crippen LogP contribution in [0.3, 0.4) is 0 Å². The number of rotatable bonds is 4. The maximum Gasteiger partial charge on any atom is 0.329 e. The van der Waals surface area contributed by atoms with E-state index in [1.165, 1.54) is 23.7 Å². The fourth-order valence-corrected chi connectivity index (χ4v) is 4.25. The highest BCUT2D eigenvalue weighted by molar-refractivity contribution is 6.31. The van der Waals surface area contributed by atoms with Crippen LogP contribution in [0.4, 0.5) is 4.39 Å². The first kappa shape index (κ1) is 20.8. The van der Waals surface area contributed by atoms with Crippen LogP contribution in [0.2, 0.25) is 5.02 Å². The molecule has 30 heavy (non-hydrogen) atoms. The number of ether oxygens (including phenoxy) is 1. The van der Waals surface area contributed by atoms with Gasteiger partial charge in [0.15, 0.2) is 11.2 Å². The Bertz CT molecular complexity index is 1190. The number of aromatic amines is 1. The minimum absolute atomic E-state index is 0.0219. The van der Waals surface area contributed by atoms with Crippen LogP contribution in [0.25, 0.3) is 11.2 Å². The van der Waals surface area contributed by atoms with Gasteiger partial charge in [-0.15, -0.1) is 0 Å². The van der Waals surface area contributed by atoms with Gasteiger partial charge in [0.05, 0.1) is 25.3 Å². The molecule has 1 aromatic carbocycles. The van der Waals surface area contributed by atoms with Crippen molar-refractivity contribution < 1.29 is 9.13 Å². The van der Waals surface area contributed by atoms with E-state index in [2.05, 4.69) is 14.9 Å². The first-order valence-corrected chi connectivity index (χ1v) is 10.1. The van der Waals surface area contributed by atoms with Gasteiger partial charge in [0.2, 0.25) is 0 Å². The molecule has 1 fully saturated rings. The maximum absolute atomic E-state index is 14.5. The molecule has 8 nitrogen and oxygen atoms in total. The van der Waals surface area contributed by atoms with Crippen LogP contribution in [-0.4, -0.2) is 49.3 Å². The molecule has 1 saturated heterocycles. The number of fused-ring (bicyclic) bond motifs is 1. The van der Waals surface area contributed by atoms with E-state index in [1.807, 2.05) is 13.8 Å². The summed E-state index contributed by atoms with van der Waals surface area (Å²) in [4.78, 5) is 33.8.